The van der Waals surface area contributed by atoms with E-state index in [2.05, 4.69) is 51.6 Å². The van der Waals surface area contributed by atoms with Crippen LogP contribution in [0.2, 0.25) is 10.0 Å². The van der Waals surface area contributed by atoms with Gasteiger partial charge in [-0.05, 0) is 47.1 Å². The molecule has 174 valence electrons. The molecule has 0 aliphatic heterocycles. The molecule has 3 heterocycles. The predicted octanol–water partition coefficient (Wildman–Crippen LogP) is 4.98. The van der Waals surface area contributed by atoms with Gasteiger partial charge in [0.25, 0.3) is 5.95 Å². The van der Waals surface area contributed by atoms with Crippen molar-refractivity contribution in [2.75, 3.05) is 5.32 Å². The van der Waals surface area contributed by atoms with Gasteiger partial charge < -0.3 is 15.4 Å². The minimum absolute atomic E-state index is 0.181. The summed E-state index contributed by atoms with van der Waals surface area (Å²) in [5.74, 6) is 1.14. The lowest BCUT2D eigenvalue weighted by Gasteiger charge is -2.16. The van der Waals surface area contributed by atoms with Gasteiger partial charge in [0.15, 0.2) is 5.82 Å². The molecule has 2 N–H and O–H groups in total. The van der Waals surface area contributed by atoms with Crippen LogP contribution in [0.15, 0.2) is 59.7 Å². The van der Waals surface area contributed by atoms with E-state index in [1.165, 1.54) is 17.1 Å². The number of nitrogens with zero attached hydrogens (tertiary/aromatic N) is 6. The Balaban J connectivity index is 1.44. The summed E-state index contributed by atoms with van der Waals surface area (Å²) in [6.07, 6.45) is 4.54. The molecule has 0 spiro atoms. The lowest BCUT2D eigenvalue weighted by atomic mass is 10.3. The van der Waals surface area contributed by atoms with Crippen LogP contribution in [0, 0.1) is 0 Å². The zero-order valence-corrected chi connectivity index (χ0v) is 20.7. The summed E-state index contributed by atoms with van der Waals surface area (Å²) in [7, 11) is 0. The molecule has 0 bridgehead atoms. The molecule has 0 unspecified atom stereocenters. The Morgan fingerprint density at radius 1 is 1.15 bits per heavy atom. The van der Waals surface area contributed by atoms with Crippen LogP contribution in [0.5, 0.6) is 5.75 Å². The maximum atomic E-state index is 12.7. The molecule has 34 heavy (non-hydrogen) atoms. The first-order chi connectivity index (χ1) is 16.4. The van der Waals surface area contributed by atoms with E-state index in [1.807, 2.05) is 18.2 Å². The first-order valence-corrected chi connectivity index (χ1v) is 11.4. The van der Waals surface area contributed by atoms with Gasteiger partial charge in [0.1, 0.15) is 23.3 Å². The van der Waals surface area contributed by atoms with Crippen LogP contribution in [0.3, 0.4) is 0 Å². The van der Waals surface area contributed by atoms with Gasteiger partial charge >= 0.3 is 6.03 Å². The van der Waals surface area contributed by atoms with Crippen LogP contribution in [-0.2, 0) is 6.61 Å². The van der Waals surface area contributed by atoms with Crippen molar-refractivity contribution >= 4 is 50.9 Å². The van der Waals surface area contributed by atoms with E-state index in [0.29, 0.717) is 38.5 Å². The van der Waals surface area contributed by atoms with Gasteiger partial charge in [0.2, 0.25) is 0 Å². The van der Waals surface area contributed by atoms with E-state index in [4.69, 9.17) is 27.9 Å². The Hall–Kier alpha value is -3.28. The number of benzene rings is 1. The van der Waals surface area contributed by atoms with Gasteiger partial charge in [0, 0.05) is 18.5 Å². The van der Waals surface area contributed by atoms with Crippen molar-refractivity contribution in [1.82, 2.24) is 35.0 Å². The molecule has 0 aliphatic rings. The second-order valence-corrected chi connectivity index (χ2v) is 8.53. The van der Waals surface area contributed by atoms with Gasteiger partial charge in [-0.15, -0.1) is 0 Å². The lowest BCUT2D eigenvalue weighted by molar-refractivity contribution is 0.248. The lowest BCUT2D eigenvalue weighted by Crippen LogP contribution is -2.32. The highest BCUT2D eigenvalue weighted by Crippen LogP contribution is 2.34. The Bertz CT molecular complexity index is 1310. The van der Waals surface area contributed by atoms with Gasteiger partial charge in [-0.2, -0.15) is 9.78 Å². The number of hydrogen-bond acceptors (Lipinski definition) is 7. The maximum Gasteiger partial charge on any atom is 0.319 e. The molecular formula is C21H17BrCl2N8O2. The zero-order valence-electron chi connectivity index (χ0n) is 17.6. The highest BCUT2D eigenvalue weighted by molar-refractivity contribution is 9.10. The number of amides is 2. The Kier molecular flexibility index (Phi) is 7.56. The summed E-state index contributed by atoms with van der Waals surface area (Å²) in [4.78, 5) is 29.5. The van der Waals surface area contributed by atoms with Gasteiger partial charge in [0.05, 0.1) is 27.5 Å². The Labute approximate surface area is 212 Å². The molecule has 0 saturated carbocycles. The topological polar surface area (TPSA) is 120 Å². The fraction of sp³-hybridized carbons (Fsp3) is 0.143. The first-order valence-electron chi connectivity index (χ1n) is 9.89. The van der Waals surface area contributed by atoms with Crippen molar-refractivity contribution in [3.63, 3.8) is 0 Å². The van der Waals surface area contributed by atoms with Crippen LogP contribution in [0.4, 0.5) is 10.5 Å². The number of nitrogens with one attached hydrogen (secondary N) is 2. The summed E-state index contributed by atoms with van der Waals surface area (Å²) < 4.78 is 7.92. The number of pyridine rings is 1. The fourth-order valence-electron chi connectivity index (χ4n) is 2.94. The fourth-order valence-corrected chi connectivity index (χ4v) is 3.80. The summed E-state index contributed by atoms with van der Waals surface area (Å²) in [5.41, 5.74) is 1.02. The second-order valence-electron chi connectivity index (χ2n) is 6.90. The Morgan fingerprint density at radius 3 is 2.71 bits per heavy atom. The van der Waals surface area contributed by atoms with Crippen molar-refractivity contribution in [3.05, 3.63) is 81.3 Å². The molecule has 13 heteroatoms. The molecule has 0 aliphatic carbocycles. The van der Waals surface area contributed by atoms with Crippen molar-refractivity contribution in [1.29, 1.82) is 0 Å². The number of aromatic nitrogens is 6. The number of urea groups is 1. The van der Waals surface area contributed by atoms with Crippen molar-refractivity contribution in [3.8, 4) is 11.7 Å². The van der Waals surface area contributed by atoms with Crippen LogP contribution >= 0.6 is 39.1 Å². The van der Waals surface area contributed by atoms with E-state index in [0.717, 1.165) is 0 Å². The third-order valence-corrected chi connectivity index (χ3v) is 5.52. The van der Waals surface area contributed by atoms with Crippen LogP contribution in [0.1, 0.15) is 24.5 Å². The van der Waals surface area contributed by atoms with E-state index in [9.17, 15) is 4.79 Å². The molecule has 1 atom stereocenters. The summed E-state index contributed by atoms with van der Waals surface area (Å²) >= 11 is 15.9. The molecule has 0 radical (unpaired) electrons. The number of halogens is 3. The van der Waals surface area contributed by atoms with Crippen molar-refractivity contribution < 1.29 is 9.53 Å². The normalized spacial score (nSPS) is 11.6. The molecule has 0 fully saturated rings. The third kappa shape index (κ3) is 5.79. The number of carbonyl (C=O) groups excluding carboxylic acids is 1. The number of ether oxygens (including phenoxy) is 1. The van der Waals surface area contributed by atoms with Crippen molar-refractivity contribution in [2.24, 2.45) is 0 Å². The van der Waals surface area contributed by atoms with E-state index in [-0.39, 0.29) is 11.6 Å². The van der Waals surface area contributed by atoms with Crippen LogP contribution in [-0.4, -0.2) is 35.7 Å². The maximum absolute atomic E-state index is 12.7. The molecule has 4 aromatic rings. The monoisotopic (exact) mass is 562 g/mol. The number of anilines is 1. The smallest absolute Gasteiger partial charge is 0.319 e. The van der Waals surface area contributed by atoms with E-state index >= 15 is 0 Å². The largest absolute Gasteiger partial charge is 0.486 e. The van der Waals surface area contributed by atoms with Gasteiger partial charge in [-0.25, -0.2) is 24.7 Å². The molecular weight excluding hydrogens is 547 g/mol. The number of carbonyl (C=O) groups is 1. The quantitative estimate of drug-likeness (QED) is 0.304. The van der Waals surface area contributed by atoms with Gasteiger partial charge in [-0.1, -0.05) is 29.3 Å². The highest BCUT2D eigenvalue weighted by atomic mass is 79.9. The average Bonchev–Trinajstić information content (AvgIpc) is 3.31. The standard InChI is InChI=1S/C21H17BrCl2N8O2/c1-12(19-27-11-28-32(19)20-25-6-3-7-26-20)29-21(33)31-16-9-17(15(24)8-14(16)23)34-10-13-4-2-5-18(22)30-13/h2-9,11-12H,10H2,1H3,(H2,29,31,33)/t12-/m0/s1. The van der Waals surface area contributed by atoms with E-state index in [1.54, 1.807) is 31.5 Å². The summed E-state index contributed by atoms with van der Waals surface area (Å²) in [6.45, 7) is 1.94. The molecule has 4 rings (SSSR count). The minimum atomic E-state index is -0.518. The molecule has 1 aromatic carbocycles. The number of rotatable bonds is 7. The van der Waals surface area contributed by atoms with Gasteiger partial charge in [-0.3, -0.25) is 0 Å². The SMILES string of the molecule is C[C@H](NC(=O)Nc1cc(OCc2cccc(Br)n2)c(Cl)cc1Cl)c1ncnn1-c1ncccn1. The Morgan fingerprint density at radius 2 is 1.94 bits per heavy atom. The molecule has 2 amide bonds. The van der Waals surface area contributed by atoms with Crippen LogP contribution < -0.4 is 15.4 Å². The summed E-state index contributed by atoms with van der Waals surface area (Å²) in [5, 5.41) is 10.2. The minimum Gasteiger partial charge on any atom is -0.486 e. The first kappa shape index (κ1) is 23.9. The van der Waals surface area contributed by atoms with E-state index < -0.39 is 12.1 Å². The second kappa shape index (κ2) is 10.8. The average molecular weight is 564 g/mol. The molecule has 3 aromatic heterocycles. The van der Waals surface area contributed by atoms with Crippen LogP contribution in [0.25, 0.3) is 5.95 Å². The van der Waals surface area contributed by atoms with Crippen molar-refractivity contribution in [2.45, 2.75) is 19.6 Å². The third-order valence-electron chi connectivity index (χ3n) is 4.47. The predicted molar refractivity (Wildman–Crippen MR) is 130 cm³/mol. The highest BCUT2D eigenvalue weighted by Gasteiger charge is 2.19. The number of hydrogen-bond donors (Lipinski definition) is 2. The zero-order chi connectivity index (χ0) is 24.1. The summed E-state index contributed by atoms with van der Waals surface area (Å²) in [6, 6.07) is 9.19. The molecule has 0 saturated heterocycles. The molecule has 10 nitrogen and oxygen atoms in total.